The molecule has 1 rings (SSSR count). The van der Waals surface area contributed by atoms with E-state index in [0.717, 1.165) is 5.56 Å². The fourth-order valence-electron chi connectivity index (χ4n) is 1.13. The SMILES string of the molecule is COc1ccccc1CC(O)C#N. The highest BCUT2D eigenvalue weighted by Crippen LogP contribution is 2.18. The maximum Gasteiger partial charge on any atom is 0.144 e. The van der Waals surface area contributed by atoms with Crippen LogP contribution in [0.4, 0.5) is 0 Å². The van der Waals surface area contributed by atoms with E-state index in [1.54, 1.807) is 19.2 Å². The predicted molar refractivity (Wildman–Crippen MR) is 48.3 cm³/mol. The fraction of sp³-hybridized carbons (Fsp3) is 0.300. The van der Waals surface area contributed by atoms with Crippen molar-refractivity contribution in [1.82, 2.24) is 0 Å². The Hall–Kier alpha value is -1.53. The molecule has 0 aliphatic heterocycles. The molecule has 0 radical (unpaired) electrons. The summed E-state index contributed by atoms with van der Waals surface area (Å²) in [4.78, 5) is 0. The molecule has 0 saturated carbocycles. The summed E-state index contributed by atoms with van der Waals surface area (Å²) in [5, 5.41) is 17.5. The van der Waals surface area contributed by atoms with Gasteiger partial charge in [-0.15, -0.1) is 0 Å². The highest BCUT2D eigenvalue weighted by atomic mass is 16.5. The van der Waals surface area contributed by atoms with Gasteiger partial charge in [0.1, 0.15) is 11.9 Å². The second kappa shape index (κ2) is 4.48. The van der Waals surface area contributed by atoms with Gasteiger partial charge in [0.25, 0.3) is 0 Å². The molecule has 0 aliphatic carbocycles. The Morgan fingerprint density at radius 1 is 1.54 bits per heavy atom. The van der Waals surface area contributed by atoms with E-state index in [-0.39, 0.29) is 0 Å². The van der Waals surface area contributed by atoms with E-state index in [1.807, 2.05) is 18.2 Å². The minimum absolute atomic E-state index is 0.306. The number of benzene rings is 1. The van der Waals surface area contributed by atoms with E-state index in [0.29, 0.717) is 12.2 Å². The van der Waals surface area contributed by atoms with Crippen molar-refractivity contribution in [2.24, 2.45) is 0 Å². The number of nitrogens with zero attached hydrogens (tertiary/aromatic N) is 1. The van der Waals surface area contributed by atoms with Crippen LogP contribution in [-0.2, 0) is 6.42 Å². The Morgan fingerprint density at radius 3 is 2.85 bits per heavy atom. The second-order valence-corrected chi connectivity index (χ2v) is 2.66. The molecule has 1 unspecified atom stereocenters. The summed E-state index contributed by atoms with van der Waals surface area (Å²) in [6.45, 7) is 0. The van der Waals surface area contributed by atoms with E-state index in [1.165, 1.54) is 0 Å². The van der Waals surface area contributed by atoms with E-state index < -0.39 is 6.10 Å². The van der Waals surface area contributed by atoms with Crippen LogP contribution in [0.1, 0.15) is 5.56 Å². The number of nitriles is 1. The first-order valence-corrected chi connectivity index (χ1v) is 3.97. The standard InChI is InChI=1S/C10H11NO2/c1-13-10-5-3-2-4-8(10)6-9(12)7-11/h2-5,9,12H,6H2,1H3. The van der Waals surface area contributed by atoms with Crippen LogP contribution >= 0.6 is 0 Å². The zero-order valence-corrected chi connectivity index (χ0v) is 7.40. The van der Waals surface area contributed by atoms with Gasteiger partial charge in [0.2, 0.25) is 0 Å². The van der Waals surface area contributed by atoms with Crippen LogP contribution in [0.15, 0.2) is 24.3 Å². The largest absolute Gasteiger partial charge is 0.496 e. The summed E-state index contributed by atoms with van der Waals surface area (Å²) in [6, 6.07) is 9.10. The number of methoxy groups -OCH3 is 1. The number of aliphatic hydroxyl groups is 1. The number of hydrogen-bond acceptors (Lipinski definition) is 3. The average molecular weight is 177 g/mol. The molecule has 3 heteroatoms. The van der Waals surface area contributed by atoms with E-state index in [2.05, 4.69) is 0 Å². The molecule has 0 spiro atoms. The van der Waals surface area contributed by atoms with E-state index >= 15 is 0 Å². The number of ether oxygens (including phenoxy) is 1. The number of para-hydroxylation sites is 1. The minimum atomic E-state index is -0.962. The van der Waals surface area contributed by atoms with Crippen LogP contribution in [0, 0.1) is 11.3 Å². The molecule has 0 bridgehead atoms. The molecular formula is C10H11NO2. The van der Waals surface area contributed by atoms with Crippen molar-refractivity contribution in [2.45, 2.75) is 12.5 Å². The first-order valence-electron chi connectivity index (χ1n) is 3.97. The molecule has 0 heterocycles. The molecule has 1 aromatic carbocycles. The summed E-state index contributed by atoms with van der Waals surface area (Å²) in [6.07, 6.45) is -0.656. The van der Waals surface area contributed by atoms with Crippen molar-refractivity contribution in [3.8, 4) is 11.8 Å². The highest BCUT2D eigenvalue weighted by Gasteiger charge is 2.07. The van der Waals surface area contributed by atoms with Crippen LogP contribution < -0.4 is 4.74 Å². The maximum absolute atomic E-state index is 9.11. The summed E-state index contributed by atoms with van der Waals surface area (Å²) in [5.41, 5.74) is 0.846. The molecule has 13 heavy (non-hydrogen) atoms. The van der Waals surface area contributed by atoms with Gasteiger partial charge in [0.15, 0.2) is 0 Å². The maximum atomic E-state index is 9.11. The topological polar surface area (TPSA) is 53.2 Å². The van der Waals surface area contributed by atoms with Gasteiger partial charge in [-0.25, -0.2) is 0 Å². The molecule has 1 aromatic rings. The summed E-state index contributed by atoms with van der Waals surface area (Å²) >= 11 is 0. The molecule has 3 nitrogen and oxygen atoms in total. The normalized spacial score (nSPS) is 11.8. The Kier molecular flexibility index (Phi) is 3.30. The van der Waals surface area contributed by atoms with Gasteiger partial charge in [-0.3, -0.25) is 0 Å². The molecule has 0 saturated heterocycles. The van der Waals surface area contributed by atoms with Crippen LogP contribution in [0.25, 0.3) is 0 Å². The van der Waals surface area contributed by atoms with E-state index in [4.69, 9.17) is 15.1 Å². The molecular weight excluding hydrogens is 166 g/mol. The van der Waals surface area contributed by atoms with Gasteiger partial charge in [0.05, 0.1) is 13.2 Å². The monoisotopic (exact) mass is 177 g/mol. The first kappa shape index (κ1) is 9.56. The quantitative estimate of drug-likeness (QED) is 0.704. The molecule has 68 valence electrons. The van der Waals surface area contributed by atoms with Gasteiger partial charge in [-0.2, -0.15) is 5.26 Å². The van der Waals surface area contributed by atoms with Crippen LogP contribution in [0.5, 0.6) is 5.75 Å². The molecule has 1 N–H and O–H groups in total. The summed E-state index contributed by atoms with van der Waals surface area (Å²) < 4.78 is 5.07. The lowest BCUT2D eigenvalue weighted by Gasteiger charge is -2.07. The van der Waals surface area contributed by atoms with Gasteiger partial charge in [-0.05, 0) is 11.6 Å². The average Bonchev–Trinajstić information content (AvgIpc) is 2.18. The first-order chi connectivity index (χ1) is 6.27. The van der Waals surface area contributed by atoms with Crippen LogP contribution in [-0.4, -0.2) is 18.3 Å². The number of aliphatic hydroxyl groups excluding tert-OH is 1. The van der Waals surface area contributed by atoms with Crippen LogP contribution in [0.3, 0.4) is 0 Å². The lowest BCUT2D eigenvalue weighted by atomic mass is 10.1. The smallest absolute Gasteiger partial charge is 0.144 e. The summed E-state index contributed by atoms with van der Waals surface area (Å²) in [7, 11) is 1.57. The zero-order chi connectivity index (χ0) is 9.68. The third kappa shape index (κ3) is 2.46. The minimum Gasteiger partial charge on any atom is -0.496 e. The lowest BCUT2D eigenvalue weighted by molar-refractivity contribution is 0.229. The Labute approximate surface area is 77.2 Å². The number of hydrogen-bond donors (Lipinski definition) is 1. The molecule has 0 aromatic heterocycles. The molecule has 0 fully saturated rings. The van der Waals surface area contributed by atoms with Crippen molar-refractivity contribution in [3.63, 3.8) is 0 Å². The van der Waals surface area contributed by atoms with Gasteiger partial charge in [0, 0.05) is 6.42 Å². The van der Waals surface area contributed by atoms with Crippen molar-refractivity contribution >= 4 is 0 Å². The second-order valence-electron chi connectivity index (χ2n) is 2.66. The molecule has 0 aliphatic rings. The Balaban J connectivity index is 2.82. The van der Waals surface area contributed by atoms with Gasteiger partial charge >= 0.3 is 0 Å². The van der Waals surface area contributed by atoms with Gasteiger partial charge < -0.3 is 9.84 Å². The summed E-state index contributed by atoms with van der Waals surface area (Å²) in [5.74, 6) is 0.705. The lowest BCUT2D eigenvalue weighted by Crippen LogP contribution is -2.07. The third-order valence-corrected chi connectivity index (χ3v) is 1.75. The Morgan fingerprint density at radius 2 is 2.23 bits per heavy atom. The predicted octanol–water partition coefficient (Wildman–Crippen LogP) is 1.12. The fourth-order valence-corrected chi connectivity index (χ4v) is 1.13. The highest BCUT2D eigenvalue weighted by molar-refractivity contribution is 5.34. The number of rotatable bonds is 3. The van der Waals surface area contributed by atoms with Crippen molar-refractivity contribution in [3.05, 3.63) is 29.8 Å². The van der Waals surface area contributed by atoms with Crippen LogP contribution in [0.2, 0.25) is 0 Å². The Bertz CT molecular complexity index is 317. The molecule has 1 atom stereocenters. The third-order valence-electron chi connectivity index (χ3n) is 1.75. The van der Waals surface area contributed by atoms with Crippen molar-refractivity contribution < 1.29 is 9.84 Å². The molecule has 0 amide bonds. The van der Waals surface area contributed by atoms with Gasteiger partial charge in [-0.1, -0.05) is 18.2 Å². The van der Waals surface area contributed by atoms with Crippen molar-refractivity contribution in [2.75, 3.05) is 7.11 Å². The zero-order valence-electron chi connectivity index (χ0n) is 7.40. The van der Waals surface area contributed by atoms with Crippen molar-refractivity contribution in [1.29, 1.82) is 5.26 Å². The van der Waals surface area contributed by atoms with E-state index in [9.17, 15) is 0 Å².